The van der Waals surface area contributed by atoms with Crippen LogP contribution in [0.15, 0.2) is 52.8 Å². The summed E-state index contributed by atoms with van der Waals surface area (Å²) in [7, 11) is 0. The van der Waals surface area contributed by atoms with E-state index in [0.29, 0.717) is 5.56 Å². The molecule has 0 unspecified atom stereocenters. The third-order valence-corrected chi connectivity index (χ3v) is 3.75. The molecule has 0 atom stereocenters. The van der Waals surface area contributed by atoms with Gasteiger partial charge in [-0.25, -0.2) is 4.98 Å². The van der Waals surface area contributed by atoms with Gasteiger partial charge in [0.2, 0.25) is 0 Å². The van der Waals surface area contributed by atoms with Crippen LogP contribution in [0.1, 0.15) is 16.7 Å². The number of nitrogens with zero attached hydrogens (tertiary/aromatic N) is 2. The van der Waals surface area contributed by atoms with E-state index in [1.165, 1.54) is 11.1 Å². The highest BCUT2D eigenvalue weighted by atomic mass is 32.2. The highest BCUT2D eigenvalue weighted by Crippen LogP contribution is 2.23. The normalized spacial score (nSPS) is 11.5. The van der Waals surface area contributed by atoms with Gasteiger partial charge in [0.25, 0.3) is 0 Å². The summed E-state index contributed by atoms with van der Waals surface area (Å²) in [5.41, 5.74) is 8.78. The van der Waals surface area contributed by atoms with Crippen molar-refractivity contribution in [1.82, 2.24) is 4.98 Å². The monoisotopic (exact) mass is 273 g/mol. The second-order valence-electron chi connectivity index (χ2n) is 4.08. The maximum absolute atomic E-state index is 8.66. The van der Waals surface area contributed by atoms with Crippen molar-refractivity contribution in [1.29, 1.82) is 0 Å². The fourth-order valence-corrected chi connectivity index (χ4v) is 2.60. The van der Waals surface area contributed by atoms with Crippen LogP contribution in [0.4, 0.5) is 0 Å². The summed E-state index contributed by atoms with van der Waals surface area (Å²) < 4.78 is 0. The molecule has 0 bridgehead atoms. The fraction of sp³-hybridized carbons (Fsp3) is 0.143. The second-order valence-corrected chi connectivity index (χ2v) is 5.08. The van der Waals surface area contributed by atoms with E-state index in [9.17, 15) is 0 Å². The number of thioether (sulfide) groups is 1. The Morgan fingerprint density at radius 1 is 1.37 bits per heavy atom. The van der Waals surface area contributed by atoms with E-state index in [-0.39, 0.29) is 5.84 Å². The van der Waals surface area contributed by atoms with Crippen LogP contribution in [0.3, 0.4) is 0 Å². The number of pyridine rings is 1. The third-order valence-electron chi connectivity index (χ3n) is 2.78. The largest absolute Gasteiger partial charge is 0.409 e. The van der Waals surface area contributed by atoms with Crippen molar-refractivity contribution < 1.29 is 5.21 Å². The molecule has 2 aromatic rings. The van der Waals surface area contributed by atoms with Gasteiger partial charge >= 0.3 is 0 Å². The molecular weight excluding hydrogens is 258 g/mol. The molecule has 0 fully saturated rings. The standard InChI is InChI=1S/C14H15N3OS/c1-10-4-2-3-5-12(10)9-19-13-8-11(6-7-16-13)14(15)17-18/h2-8,18H,9H2,1H3,(H2,15,17). The molecule has 1 aromatic carbocycles. The summed E-state index contributed by atoms with van der Waals surface area (Å²) >= 11 is 1.63. The van der Waals surface area contributed by atoms with Crippen LogP contribution >= 0.6 is 11.8 Å². The Kier molecular flexibility index (Phi) is 4.41. The number of rotatable bonds is 4. The minimum absolute atomic E-state index is 0.0974. The number of amidine groups is 1. The third kappa shape index (κ3) is 3.48. The van der Waals surface area contributed by atoms with E-state index in [4.69, 9.17) is 10.9 Å². The highest BCUT2D eigenvalue weighted by molar-refractivity contribution is 7.98. The first-order valence-electron chi connectivity index (χ1n) is 5.82. The zero-order valence-corrected chi connectivity index (χ0v) is 11.4. The van der Waals surface area contributed by atoms with Crippen molar-refractivity contribution in [3.05, 3.63) is 59.3 Å². The van der Waals surface area contributed by atoms with Crippen molar-refractivity contribution in [3.8, 4) is 0 Å². The molecule has 2 rings (SSSR count). The molecule has 0 saturated carbocycles. The zero-order chi connectivity index (χ0) is 13.7. The minimum atomic E-state index is 0.0974. The van der Waals surface area contributed by atoms with Crippen LogP contribution in [0.25, 0.3) is 0 Å². The number of benzene rings is 1. The zero-order valence-electron chi connectivity index (χ0n) is 10.6. The van der Waals surface area contributed by atoms with Crippen LogP contribution in [0.5, 0.6) is 0 Å². The Morgan fingerprint density at radius 3 is 2.89 bits per heavy atom. The van der Waals surface area contributed by atoms with E-state index in [1.807, 2.05) is 18.2 Å². The molecule has 0 aliphatic heterocycles. The lowest BCUT2D eigenvalue weighted by Crippen LogP contribution is -2.13. The lowest BCUT2D eigenvalue weighted by molar-refractivity contribution is 0.318. The lowest BCUT2D eigenvalue weighted by atomic mass is 10.1. The Balaban J connectivity index is 2.10. The quantitative estimate of drug-likeness (QED) is 0.295. The van der Waals surface area contributed by atoms with Gasteiger partial charge in [-0.05, 0) is 30.2 Å². The predicted molar refractivity (Wildman–Crippen MR) is 77.5 cm³/mol. The Bertz CT molecular complexity index is 599. The minimum Gasteiger partial charge on any atom is -0.409 e. The van der Waals surface area contributed by atoms with Gasteiger partial charge in [0.05, 0.1) is 5.03 Å². The average Bonchev–Trinajstić information content (AvgIpc) is 2.46. The summed E-state index contributed by atoms with van der Waals surface area (Å²) in [6.45, 7) is 2.09. The van der Waals surface area contributed by atoms with Crippen molar-refractivity contribution in [2.24, 2.45) is 10.9 Å². The Labute approximate surface area is 116 Å². The summed E-state index contributed by atoms with van der Waals surface area (Å²) in [4.78, 5) is 4.27. The fourth-order valence-electron chi connectivity index (χ4n) is 1.63. The molecule has 1 heterocycles. The molecule has 1 aromatic heterocycles. The van der Waals surface area contributed by atoms with Crippen molar-refractivity contribution >= 4 is 17.6 Å². The molecule has 5 heteroatoms. The highest BCUT2D eigenvalue weighted by Gasteiger charge is 2.04. The first-order chi connectivity index (χ1) is 9.20. The number of hydrogen-bond acceptors (Lipinski definition) is 4. The van der Waals surface area contributed by atoms with Crippen molar-refractivity contribution in [2.75, 3.05) is 0 Å². The van der Waals surface area contributed by atoms with E-state index in [1.54, 1.807) is 24.0 Å². The molecule has 0 saturated heterocycles. The van der Waals surface area contributed by atoms with Gasteiger partial charge in [0.1, 0.15) is 0 Å². The number of nitrogens with two attached hydrogens (primary N) is 1. The molecule has 0 amide bonds. The molecule has 0 aliphatic carbocycles. The van der Waals surface area contributed by atoms with Crippen LogP contribution < -0.4 is 5.73 Å². The van der Waals surface area contributed by atoms with E-state index in [2.05, 4.69) is 29.2 Å². The average molecular weight is 273 g/mol. The Hall–Kier alpha value is -2.01. The second kappa shape index (κ2) is 6.24. The number of hydrogen-bond donors (Lipinski definition) is 2. The molecule has 3 N–H and O–H groups in total. The van der Waals surface area contributed by atoms with E-state index in [0.717, 1.165) is 10.8 Å². The number of oxime groups is 1. The number of aryl methyl sites for hydroxylation is 1. The van der Waals surface area contributed by atoms with E-state index < -0.39 is 0 Å². The summed E-state index contributed by atoms with van der Waals surface area (Å²) in [6, 6.07) is 11.8. The lowest BCUT2D eigenvalue weighted by Gasteiger charge is -2.06. The molecule has 4 nitrogen and oxygen atoms in total. The van der Waals surface area contributed by atoms with Crippen LogP contribution in [0.2, 0.25) is 0 Å². The molecule has 0 radical (unpaired) electrons. The van der Waals surface area contributed by atoms with Crippen molar-refractivity contribution in [2.45, 2.75) is 17.7 Å². The topological polar surface area (TPSA) is 71.5 Å². The van der Waals surface area contributed by atoms with Crippen LogP contribution in [-0.4, -0.2) is 16.0 Å². The van der Waals surface area contributed by atoms with Gasteiger partial charge in [-0.2, -0.15) is 0 Å². The van der Waals surface area contributed by atoms with Crippen LogP contribution in [0, 0.1) is 6.92 Å². The summed E-state index contributed by atoms with van der Waals surface area (Å²) in [5, 5.41) is 12.5. The summed E-state index contributed by atoms with van der Waals surface area (Å²) in [5.74, 6) is 0.944. The molecule has 0 spiro atoms. The first kappa shape index (κ1) is 13.4. The molecule has 98 valence electrons. The molecular formula is C14H15N3OS. The predicted octanol–water partition coefficient (Wildman–Crippen LogP) is 2.78. The van der Waals surface area contributed by atoms with Gasteiger partial charge in [-0.1, -0.05) is 29.4 Å². The first-order valence-corrected chi connectivity index (χ1v) is 6.80. The molecule has 0 aliphatic rings. The van der Waals surface area contributed by atoms with Gasteiger partial charge in [0, 0.05) is 17.5 Å². The van der Waals surface area contributed by atoms with Gasteiger partial charge in [-0.3, -0.25) is 0 Å². The van der Waals surface area contributed by atoms with Crippen molar-refractivity contribution in [3.63, 3.8) is 0 Å². The van der Waals surface area contributed by atoms with Gasteiger partial charge in [-0.15, -0.1) is 11.8 Å². The number of aromatic nitrogens is 1. The maximum atomic E-state index is 8.66. The molecule has 19 heavy (non-hydrogen) atoms. The van der Waals surface area contributed by atoms with Gasteiger partial charge < -0.3 is 10.9 Å². The van der Waals surface area contributed by atoms with E-state index >= 15 is 0 Å². The smallest absolute Gasteiger partial charge is 0.170 e. The Morgan fingerprint density at radius 2 is 2.16 bits per heavy atom. The SMILES string of the molecule is Cc1ccccc1CSc1cc(C(N)=NO)ccn1. The van der Waals surface area contributed by atoms with Crippen LogP contribution in [-0.2, 0) is 5.75 Å². The maximum Gasteiger partial charge on any atom is 0.170 e. The van der Waals surface area contributed by atoms with Gasteiger partial charge in [0.15, 0.2) is 5.84 Å². The summed E-state index contributed by atoms with van der Waals surface area (Å²) in [6.07, 6.45) is 1.66.